The summed E-state index contributed by atoms with van der Waals surface area (Å²) in [5, 5.41) is 3.00. The first-order chi connectivity index (χ1) is 30.4. The second kappa shape index (κ2) is 43.6. The van der Waals surface area contributed by atoms with Crippen LogP contribution in [0.3, 0.4) is 0 Å². The number of carbonyl (C=O) groups excluding carboxylic acids is 2. The third kappa shape index (κ3) is 44.7. The number of nitrogens with zero attached hydrogens (tertiary/aromatic N) is 1. The average molecular weight is 905 g/mol. The molecule has 0 bridgehead atoms. The molecule has 10 heteroatoms. The van der Waals surface area contributed by atoms with Gasteiger partial charge in [-0.1, -0.05) is 191 Å². The number of hydrogen-bond donors (Lipinski definition) is 1. The van der Waals surface area contributed by atoms with E-state index in [4.69, 9.17) is 13.8 Å². The Morgan fingerprint density at radius 1 is 0.571 bits per heavy atom. The average Bonchev–Trinajstić information content (AvgIpc) is 3.23. The second-order valence-corrected chi connectivity index (χ2v) is 19.8. The number of phosphoric acid groups is 1. The van der Waals surface area contributed by atoms with Crippen LogP contribution in [-0.4, -0.2) is 69.4 Å². The lowest BCUT2D eigenvalue weighted by Gasteiger charge is -2.30. The van der Waals surface area contributed by atoms with Crippen molar-refractivity contribution in [3.05, 3.63) is 60.8 Å². The molecule has 1 amide bonds. The van der Waals surface area contributed by atoms with Gasteiger partial charge in [-0.25, -0.2) is 0 Å². The molecule has 0 aromatic heterocycles. The lowest BCUT2D eigenvalue weighted by atomic mass is 10.1. The van der Waals surface area contributed by atoms with E-state index in [1.165, 1.54) is 77.0 Å². The minimum absolute atomic E-state index is 0.0279. The van der Waals surface area contributed by atoms with Crippen LogP contribution in [0.25, 0.3) is 0 Å². The van der Waals surface area contributed by atoms with Gasteiger partial charge in [-0.05, 0) is 70.3 Å². The van der Waals surface area contributed by atoms with Crippen LogP contribution in [0.1, 0.15) is 213 Å². The summed E-state index contributed by atoms with van der Waals surface area (Å²) in [6, 6.07) is -0.896. The van der Waals surface area contributed by atoms with E-state index in [9.17, 15) is 19.0 Å². The number of hydrogen-bond acceptors (Lipinski definition) is 7. The Morgan fingerprint density at radius 2 is 1.05 bits per heavy atom. The number of ether oxygens (including phenoxy) is 1. The minimum atomic E-state index is -4.69. The molecule has 0 saturated carbocycles. The van der Waals surface area contributed by atoms with Crippen molar-refractivity contribution in [3.8, 4) is 0 Å². The molecule has 0 heterocycles. The molecule has 3 atom stereocenters. The van der Waals surface area contributed by atoms with Gasteiger partial charge in [-0.3, -0.25) is 14.2 Å². The Morgan fingerprint density at radius 3 is 1.60 bits per heavy atom. The van der Waals surface area contributed by atoms with Crippen molar-refractivity contribution in [2.75, 3.05) is 40.9 Å². The molecule has 0 aliphatic carbocycles. The Kier molecular flexibility index (Phi) is 42.0. The number of rotatable bonds is 45. The van der Waals surface area contributed by atoms with Gasteiger partial charge in [0.15, 0.2) is 0 Å². The van der Waals surface area contributed by atoms with Gasteiger partial charge in [0.2, 0.25) is 5.91 Å². The first kappa shape index (κ1) is 60.7. The number of nitrogens with one attached hydrogen (secondary N) is 1. The van der Waals surface area contributed by atoms with E-state index in [0.717, 1.165) is 103 Å². The van der Waals surface area contributed by atoms with Crippen molar-refractivity contribution in [3.63, 3.8) is 0 Å². The van der Waals surface area contributed by atoms with Crippen LogP contribution in [0.15, 0.2) is 60.8 Å². The summed E-state index contributed by atoms with van der Waals surface area (Å²) in [4.78, 5) is 39.6. The van der Waals surface area contributed by atoms with E-state index in [-0.39, 0.29) is 24.9 Å². The van der Waals surface area contributed by atoms with Gasteiger partial charge in [0, 0.05) is 12.8 Å². The fourth-order valence-corrected chi connectivity index (χ4v) is 7.69. The number of esters is 1. The second-order valence-electron chi connectivity index (χ2n) is 18.3. The van der Waals surface area contributed by atoms with Crippen molar-refractivity contribution in [1.29, 1.82) is 0 Å². The summed E-state index contributed by atoms with van der Waals surface area (Å²) in [6.07, 6.45) is 51.8. The van der Waals surface area contributed by atoms with Crippen LogP contribution >= 0.6 is 7.82 Å². The predicted molar refractivity (Wildman–Crippen MR) is 265 cm³/mol. The third-order valence-corrected chi connectivity index (χ3v) is 12.0. The third-order valence-electron chi connectivity index (χ3n) is 11.0. The topological polar surface area (TPSA) is 114 Å². The number of allylic oxidation sites excluding steroid dienone is 9. The smallest absolute Gasteiger partial charge is 0.306 e. The molecule has 3 unspecified atom stereocenters. The number of amides is 1. The maximum absolute atomic E-state index is 13.4. The molecule has 0 aromatic carbocycles. The number of likely N-dealkylation sites (N-methyl/N-ethyl adjacent to an activating group) is 1. The molecule has 0 spiro atoms. The minimum Gasteiger partial charge on any atom is -0.756 e. The van der Waals surface area contributed by atoms with Gasteiger partial charge in [0.25, 0.3) is 7.82 Å². The van der Waals surface area contributed by atoms with E-state index in [0.29, 0.717) is 17.4 Å². The van der Waals surface area contributed by atoms with Crippen LogP contribution in [0.2, 0.25) is 0 Å². The van der Waals surface area contributed by atoms with Gasteiger partial charge >= 0.3 is 5.97 Å². The summed E-state index contributed by atoms with van der Waals surface area (Å²) in [6.45, 7) is 6.63. The van der Waals surface area contributed by atoms with Crippen molar-refractivity contribution in [2.45, 2.75) is 226 Å². The summed E-state index contributed by atoms with van der Waals surface area (Å²) in [5.74, 6) is -0.571. The van der Waals surface area contributed by atoms with E-state index in [1.807, 2.05) is 33.3 Å². The molecule has 0 radical (unpaired) electrons. The van der Waals surface area contributed by atoms with E-state index < -0.39 is 26.6 Å². The largest absolute Gasteiger partial charge is 0.756 e. The van der Waals surface area contributed by atoms with Gasteiger partial charge < -0.3 is 28.5 Å². The Bertz CT molecular complexity index is 1270. The van der Waals surface area contributed by atoms with Crippen molar-refractivity contribution >= 4 is 19.7 Å². The summed E-state index contributed by atoms with van der Waals surface area (Å²) in [5.41, 5.74) is 0. The lowest BCUT2D eigenvalue weighted by molar-refractivity contribution is -0.870. The van der Waals surface area contributed by atoms with E-state index in [2.05, 4.69) is 74.7 Å². The van der Waals surface area contributed by atoms with Gasteiger partial charge in [-0.15, -0.1) is 0 Å². The maximum Gasteiger partial charge on any atom is 0.306 e. The normalized spacial score (nSPS) is 14.5. The monoisotopic (exact) mass is 905 g/mol. The first-order valence-corrected chi connectivity index (χ1v) is 27.1. The molecule has 366 valence electrons. The van der Waals surface area contributed by atoms with Crippen LogP contribution in [0.5, 0.6) is 0 Å². The fourth-order valence-electron chi connectivity index (χ4n) is 6.97. The van der Waals surface area contributed by atoms with Gasteiger partial charge in [0.05, 0.1) is 33.8 Å². The lowest BCUT2D eigenvalue weighted by Crippen LogP contribution is -2.47. The molecular weight excluding hydrogens is 808 g/mol. The molecule has 0 fully saturated rings. The highest BCUT2D eigenvalue weighted by atomic mass is 31.2. The molecule has 1 N–H and O–H groups in total. The first-order valence-electron chi connectivity index (χ1n) is 25.6. The standard InChI is InChI=1S/C53H97N2O7P/c1-7-10-13-16-19-22-25-26-27-28-31-33-36-39-42-45-52(56)54-50(49-61-63(58,59)60-48-47-55(4,5)6)51(44-41-38-35-32-29-23-20-17-14-11-8-2)62-53(57)46-43-40-37-34-30-24-21-18-15-12-9-3/h10,13,16,18-19,21-22,25,41,44,50-51H,7-9,11-12,14-15,17,20,23-24,26-40,42-43,45-49H2,1-6H3,(H-,54,56,58,59)/b13-10+,19-16+,21-18-,25-22+,44-41-. The highest BCUT2D eigenvalue weighted by Gasteiger charge is 2.27. The predicted octanol–water partition coefficient (Wildman–Crippen LogP) is 14.1. The molecule has 0 aromatic rings. The van der Waals surface area contributed by atoms with Crippen molar-refractivity contribution in [1.82, 2.24) is 5.32 Å². The van der Waals surface area contributed by atoms with Crippen LogP contribution < -0.4 is 10.2 Å². The number of quaternary nitrogens is 1. The van der Waals surface area contributed by atoms with Crippen LogP contribution in [-0.2, 0) is 27.9 Å². The van der Waals surface area contributed by atoms with Gasteiger partial charge in [0.1, 0.15) is 19.3 Å². The zero-order valence-corrected chi connectivity index (χ0v) is 42.4. The zero-order valence-electron chi connectivity index (χ0n) is 41.5. The molecule has 0 rings (SSSR count). The summed E-state index contributed by atoms with van der Waals surface area (Å²) < 4.78 is 30.1. The summed E-state index contributed by atoms with van der Waals surface area (Å²) in [7, 11) is 1.16. The van der Waals surface area contributed by atoms with Gasteiger partial charge in [-0.2, -0.15) is 0 Å². The number of phosphoric ester groups is 1. The molecule has 63 heavy (non-hydrogen) atoms. The Labute approximate surface area is 388 Å². The zero-order chi connectivity index (χ0) is 46.5. The van der Waals surface area contributed by atoms with Crippen LogP contribution in [0, 0.1) is 0 Å². The fraction of sp³-hybridized carbons (Fsp3) is 0.774. The molecule has 0 aliphatic rings. The highest BCUT2D eigenvalue weighted by molar-refractivity contribution is 7.45. The van der Waals surface area contributed by atoms with Crippen molar-refractivity contribution < 1.29 is 37.3 Å². The van der Waals surface area contributed by atoms with E-state index >= 15 is 0 Å². The molecule has 0 aliphatic heterocycles. The summed E-state index contributed by atoms with van der Waals surface area (Å²) >= 11 is 0. The molecular formula is C53H97N2O7P. The van der Waals surface area contributed by atoms with Crippen molar-refractivity contribution in [2.24, 2.45) is 0 Å². The number of unbranched alkanes of at least 4 members (excludes halogenated alkanes) is 23. The number of carbonyl (C=O) groups is 2. The quantitative estimate of drug-likeness (QED) is 0.0162. The SMILES string of the molecule is CC/C=C/C=C/C=C/CCCCCCCCCC(=O)NC(COP(=O)([O-])OCC[N+](C)(C)C)C(/C=C\CCCCCCCCCCC)OC(=O)CCCCCCC/C=C\CCCC. The Hall–Kier alpha value is -2.29. The Balaban J connectivity index is 5.44. The van der Waals surface area contributed by atoms with Crippen LogP contribution in [0.4, 0.5) is 0 Å². The van der Waals surface area contributed by atoms with E-state index in [1.54, 1.807) is 0 Å². The highest BCUT2D eigenvalue weighted by Crippen LogP contribution is 2.38. The molecule has 0 saturated heterocycles. The maximum atomic E-state index is 13.4. The molecule has 9 nitrogen and oxygen atoms in total.